The van der Waals surface area contributed by atoms with Crippen molar-refractivity contribution in [3.63, 3.8) is 0 Å². The lowest BCUT2D eigenvalue weighted by atomic mass is 10.1. The van der Waals surface area contributed by atoms with Gasteiger partial charge in [0.2, 0.25) is 0 Å². The number of carbonyl (C=O) groups is 1. The summed E-state index contributed by atoms with van der Waals surface area (Å²) in [5.74, 6) is -2.05. The number of ether oxygens (including phenoxy) is 2. The number of nitrogens with zero attached hydrogens (tertiary/aromatic N) is 3. The Balaban J connectivity index is 1.28. The fraction of sp³-hybridized carbons (Fsp3) is 0.467. The highest BCUT2D eigenvalue weighted by atomic mass is 19.1. The Morgan fingerprint density at radius 1 is 1.08 bits per heavy atom. The number of fused-ring (bicyclic) bond motifs is 2. The van der Waals surface area contributed by atoms with E-state index in [0.29, 0.717) is 29.8 Å². The van der Waals surface area contributed by atoms with Crippen LogP contribution in [0, 0.1) is 23.4 Å². The number of piperidine rings is 1. The second-order valence-electron chi connectivity index (χ2n) is 11.9. The van der Waals surface area contributed by atoms with Gasteiger partial charge >= 0.3 is 5.97 Å². The summed E-state index contributed by atoms with van der Waals surface area (Å²) < 4.78 is 57.9. The number of aromatic nitrogens is 2. The van der Waals surface area contributed by atoms with Gasteiger partial charge in [-0.1, -0.05) is 6.07 Å². The van der Waals surface area contributed by atoms with E-state index in [4.69, 9.17) is 9.47 Å². The first-order valence-electron chi connectivity index (χ1n) is 13.5. The Kier molecular flexibility index (Phi) is 6.25. The highest BCUT2D eigenvalue weighted by molar-refractivity contribution is 5.90. The van der Waals surface area contributed by atoms with E-state index in [9.17, 15) is 13.6 Å². The maximum Gasteiger partial charge on any atom is 0.341 e. The average Bonchev–Trinajstić information content (AvgIpc) is 3.35. The summed E-state index contributed by atoms with van der Waals surface area (Å²) in [6, 6.07) is 8.31. The Bertz CT molecular complexity index is 1410. The zero-order valence-electron chi connectivity index (χ0n) is 22.3. The van der Waals surface area contributed by atoms with Gasteiger partial charge in [0.15, 0.2) is 11.6 Å². The Morgan fingerprint density at radius 2 is 1.82 bits per heavy atom. The summed E-state index contributed by atoms with van der Waals surface area (Å²) in [5, 5.41) is 4.36. The smallest absolute Gasteiger partial charge is 0.341 e. The summed E-state index contributed by atoms with van der Waals surface area (Å²) >= 11 is 0. The molecule has 1 aliphatic heterocycles. The standard InChI is InChI=1S/C30H32F3N3O3/c1-29(2,3)39-28(37)21-10-9-20(13-25(21)33)35-16-18-11-12-30(35,14-18)38-17-26-22(19-7-8-19)15-34-36(26)27-23(31)5-4-6-24(27)32/h4-6,9-10,13,15,18-19H,7-8,11-12,14,16-17H2,1-3H3/t18-,30-/m0/s1. The predicted octanol–water partition coefficient (Wildman–Crippen LogP) is 6.66. The van der Waals surface area contributed by atoms with E-state index in [-0.39, 0.29) is 17.9 Å². The molecule has 2 aromatic carbocycles. The van der Waals surface area contributed by atoms with Crippen LogP contribution in [0.4, 0.5) is 18.9 Å². The zero-order chi connectivity index (χ0) is 27.5. The largest absolute Gasteiger partial charge is 0.456 e. The molecule has 3 fully saturated rings. The van der Waals surface area contributed by atoms with E-state index in [2.05, 4.69) is 10.00 Å². The maximum absolute atomic E-state index is 15.1. The van der Waals surface area contributed by atoms with Crippen molar-refractivity contribution in [2.24, 2.45) is 5.92 Å². The topological polar surface area (TPSA) is 56.6 Å². The minimum atomic E-state index is -0.731. The van der Waals surface area contributed by atoms with Crippen molar-refractivity contribution in [2.75, 3.05) is 11.4 Å². The van der Waals surface area contributed by atoms with E-state index >= 15 is 4.39 Å². The molecule has 6 nitrogen and oxygen atoms in total. The third-order valence-electron chi connectivity index (χ3n) is 7.91. The van der Waals surface area contributed by atoms with Crippen LogP contribution in [-0.2, 0) is 16.1 Å². The lowest BCUT2D eigenvalue weighted by Gasteiger charge is -2.40. The number of hydrogen-bond donors (Lipinski definition) is 0. The van der Waals surface area contributed by atoms with Crippen LogP contribution in [-0.4, -0.2) is 33.6 Å². The van der Waals surface area contributed by atoms with Gasteiger partial charge in [-0.05, 0) is 101 Å². The first kappa shape index (κ1) is 25.9. The molecule has 2 atom stereocenters. The molecule has 1 saturated heterocycles. The first-order valence-corrected chi connectivity index (χ1v) is 13.5. The van der Waals surface area contributed by atoms with Crippen LogP contribution in [0.2, 0.25) is 0 Å². The first-order chi connectivity index (χ1) is 18.5. The normalized spacial score (nSPS) is 22.5. The van der Waals surface area contributed by atoms with E-state index < -0.39 is 34.7 Å². The molecule has 3 aliphatic rings. The third-order valence-corrected chi connectivity index (χ3v) is 7.91. The van der Waals surface area contributed by atoms with Crippen LogP contribution in [0.5, 0.6) is 0 Å². The molecule has 2 saturated carbocycles. The van der Waals surface area contributed by atoms with Crippen LogP contribution >= 0.6 is 0 Å². The summed E-state index contributed by atoms with van der Waals surface area (Å²) in [7, 11) is 0. The second kappa shape index (κ2) is 9.40. The number of benzene rings is 2. The van der Waals surface area contributed by atoms with Crippen molar-refractivity contribution in [1.82, 2.24) is 9.78 Å². The summed E-state index contributed by atoms with van der Waals surface area (Å²) in [4.78, 5) is 14.5. The monoisotopic (exact) mass is 539 g/mol. The average molecular weight is 540 g/mol. The molecule has 39 heavy (non-hydrogen) atoms. The van der Waals surface area contributed by atoms with Crippen LogP contribution in [0.15, 0.2) is 42.6 Å². The molecule has 206 valence electrons. The fourth-order valence-electron chi connectivity index (χ4n) is 5.98. The molecule has 0 amide bonds. The van der Waals surface area contributed by atoms with E-state index in [1.165, 1.54) is 35.0 Å². The highest BCUT2D eigenvalue weighted by Gasteiger charge is 2.52. The van der Waals surface area contributed by atoms with Crippen molar-refractivity contribution in [2.45, 2.75) is 76.7 Å². The number of carbonyl (C=O) groups excluding carboxylic acids is 1. The zero-order valence-corrected chi connectivity index (χ0v) is 22.3. The van der Waals surface area contributed by atoms with Crippen LogP contribution in [0.25, 0.3) is 5.69 Å². The molecular weight excluding hydrogens is 507 g/mol. The number of anilines is 1. The molecule has 1 aromatic heterocycles. The van der Waals surface area contributed by atoms with Gasteiger partial charge in [-0.2, -0.15) is 5.10 Å². The lowest BCUT2D eigenvalue weighted by molar-refractivity contribution is -0.0471. The summed E-state index contributed by atoms with van der Waals surface area (Å²) in [5.41, 5.74) is 0.460. The van der Waals surface area contributed by atoms with E-state index in [1.807, 2.05) is 0 Å². The molecule has 0 spiro atoms. The quantitative estimate of drug-likeness (QED) is 0.315. The lowest BCUT2D eigenvalue weighted by Crippen LogP contribution is -2.47. The van der Waals surface area contributed by atoms with Crippen molar-refractivity contribution < 1.29 is 27.4 Å². The van der Waals surface area contributed by atoms with Gasteiger partial charge in [-0.15, -0.1) is 0 Å². The highest BCUT2D eigenvalue weighted by Crippen LogP contribution is 2.50. The van der Waals surface area contributed by atoms with E-state index in [0.717, 1.165) is 37.7 Å². The Morgan fingerprint density at radius 3 is 2.46 bits per heavy atom. The molecule has 2 heterocycles. The molecule has 3 aromatic rings. The number of esters is 1. The van der Waals surface area contributed by atoms with Crippen LogP contribution < -0.4 is 4.90 Å². The molecule has 0 unspecified atom stereocenters. The van der Waals surface area contributed by atoms with Crippen LogP contribution in [0.1, 0.15) is 80.4 Å². The molecule has 2 aliphatic carbocycles. The molecule has 9 heteroatoms. The Hall–Kier alpha value is -3.33. The Labute approximate surface area is 225 Å². The number of para-hydroxylation sites is 1. The number of rotatable bonds is 7. The SMILES string of the molecule is CC(C)(C)OC(=O)c1ccc(N2C[C@H]3CC[C@]2(OCc2c(C4CC4)cnn2-c2c(F)cccc2F)C3)cc1F. The van der Waals surface area contributed by atoms with Gasteiger partial charge in [0, 0.05) is 12.2 Å². The second-order valence-corrected chi connectivity index (χ2v) is 11.9. The molecule has 2 bridgehead atoms. The van der Waals surface area contributed by atoms with Crippen molar-refractivity contribution in [3.8, 4) is 5.69 Å². The van der Waals surface area contributed by atoms with Crippen molar-refractivity contribution >= 4 is 11.7 Å². The number of halogens is 3. The van der Waals surface area contributed by atoms with Gasteiger partial charge in [0.05, 0.1) is 24.1 Å². The van der Waals surface area contributed by atoms with Crippen molar-refractivity contribution in [1.29, 1.82) is 0 Å². The van der Waals surface area contributed by atoms with Crippen LogP contribution in [0.3, 0.4) is 0 Å². The van der Waals surface area contributed by atoms with Gasteiger partial charge in [0.25, 0.3) is 0 Å². The molecular formula is C30H32F3N3O3. The minimum Gasteiger partial charge on any atom is -0.456 e. The third kappa shape index (κ3) is 4.81. The maximum atomic E-state index is 15.1. The van der Waals surface area contributed by atoms with Gasteiger partial charge in [0.1, 0.15) is 22.8 Å². The summed E-state index contributed by atoms with van der Waals surface area (Å²) in [6.45, 7) is 6.02. The fourth-order valence-corrected chi connectivity index (χ4v) is 5.98. The van der Waals surface area contributed by atoms with E-state index in [1.54, 1.807) is 33.0 Å². The predicted molar refractivity (Wildman–Crippen MR) is 139 cm³/mol. The number of hydrogen-bond acceptors (Lipinski definition) is 5. The molecule has 6 rings (SSSR count). The minimum absolute atomic E-state index is 0.112. The van der Waals surface area contributed by atoms with Gasteiger partial charge in [-0.3, -0.25) is 0 Å². The molecule has 0 radical (unpaired) electrons. The van der Waals surface area contributed by atoms with Gasteiger partial charge < -0.3 is 14.4 Å². The molecule has 0 N–H and O–H groups in total. The van der Waals surface area contributed by atoms with Gasteiger partial charge in [-0.25, -0.2) is 22.6 Å². The van der Waals surface area contributed by atoms with Crippen molar-refractivity contribution in [3.05, 3.63) is 76.9 Å². The summed E-state index contributed by atoms with van der Waals surface area (Å²) in [6.07, 6.45) is 6.18.